The van der Waals surface area contributed by atoms with Crippen LogP contribution in [0.15, 0.2) is 212 Å². The van der Waals surface area contributed by atoms with Crippen molar-refractivity contribution in [3.63, 3.8) is 0 Å². The van der Waals surface area contributed by atoms with Gasteiger partial charge in [-0.05, 0) is 177 Å². The van der Waals surface area contributed by atoms with Gasteiger partial charge >= 0.3 is 0 Å². The summed E-state index contributed by atoms with van der Waals surface area (Å²) in [6.45, 7) is 13.3. The van der Waals surface area contributed by atoms with Gasteiger partial charge in [-0.3, -0.25) is 4.98 Å². The van der Waals surface area contributed by atoms with Crippen LogP contribution in [0.1, 0.15) is 38.9 Å². The van der Waals surface area contributed by atoms with Gasteiger partial charge < -0.3 is 13.7 Å². The molecule has 0 N–H and O–H groups in total. The van der Waals surface area contributed by atoms with Crippen LogP contribution in [-0.4, -0.2) is 18.7 Å². The van der Waals surface area contributed by atoms with E-state index in [1.807, 2.05) is 24.4 Å². The molecule has 0 radical (unpaired) electrons. The van der Waals surface area contributed by atoms with Crippen LogP contribution in [0.3, 0.4) is 0 Å². The van der Waals surface area contributed by atoms with E-state index in [4.69, 9.17) is 4.98 Å². The molecule has 0 unspecified atom stereocenters. The van der Waals surface area contributed by atoms with Crippen LogP contribution < -0.4 is 0 Å². The second kappa shape index (κ2) is 17.7. The number of hydrogen-bond acceptors (Lipinski definition) is 2. The fourth-order valence-corrected chi connectivity index (χ4v) is 12.8. The van der Waals surface area contributed by atoms with Gasteiger partial charge in [-0.1, -0.05) is 121 Å². The fourth-order valence-electron chi connectivity index (χ4n) is 12.8. The number of aromatic nitrogens is 4. The van der Waals surface area contributed by atoms with Gasteiger partial charge in [0.05, 0.1) is 50.4 Å². The van der Waals surface area contributed by atoms with Crippen molar-refractivity contribution in [3.05, 3.63) is 251 Å². The van der Waals surface area contributed by atoms with Crippen LogP contribution in [-0.2, 0) is 0 Å². The lowest BCUT2D eigenvalue weighted by Gasteiger charge is -2.21. The Morgan fingerprint density at radius 3 is 1.00 bits per heavy atom. The zero-order chi connectivity index (χ0) is 52.2. The van der Waals surface area contributed by atoms with E-state index in [1.165, 1.54) is 98.8 Å². The van der Waals surface area contributed by atoms with E-state index in [0.29, 0.717) is 5.56 Å². The molecule has 0 fully saturated rings. The maximum Gasteiger partial charge on any atom is 0.0991 e. The number of fused-ring (bicyclic) bond motifs is 9. The van der Waals surface area contributed by atoms with Crippen LogP contribution in [0, 0.1) is 52.9 Å². The Morgan fingerprint density at radius 2 is 0.649 bits per heavy atom. The molecule has 0 amide bonds. The number of benzene rings is 10. The van der Waals surface area contributed by atoms with Gasteiger partial charge in [-0.2, -0.15) is 5.26 Å². The quantitative estimate of drug-likeness (QED) is 0.160. The summed E-state index contributed by atoms with van der Waals surface area (Å²) in [4.78, 5) is 5.51. The molecule has 0 aliphatic heterocycles. The lowest BCUT2D eigenvalue weighted by Crippen LogP contribution is -2.00. The predicted octanol–water partition coefficient (Wildman–Crippen LogP) is 18.8. The molecule has 0 spiro atoms. The number of rotatable bonds is 7. The Morgan fingerprint density at radius 1 is 0.325 bits per heavy atom. The van der Waals surface area contributed by atoms with Crippen molar-refractivity contribution in [2.45, 2.75) is 41.5 Å². The summed E-state index contributed by atoms with van der Waals surface area (Å²) in [5, 5.41) is 18.1. The van der Waals surface area contributed by atoms with Crippen molar-refractivity contribution < 1.29 is 0 Å². The molecule has 14 aromatic rings. The summed E-state index contributed by atoms with van der Waals surface area (Å²) in [7, 11) is 0. The smallest absolute Gasteiger partial charge is 0.0991 e. The lowest BCUT2D eigenvalue weighted by molar-refractivity contribution is 1.17. The Kier molecular flexibility index (Phi) is 10.5. The zero-order valence-electron chi connectivity index (χ0n) is 43.9. The van der Waals surface area contributed by atoms with E-state index < -0.39 is 0 Å². The summed E-state index contributed by atoms with van der Waals surface area (Å²) in [5.74, 6) is 0. The summed E-state index contributed by atoms with van der Waals surface area (Å²) in [5.41, 5.74) is 26.4. The normalized spacial score (nSPS) is 11.8. The molecule has 366 valence electrons. The molecule has 5 heteroatoms. The lowest BCUT2D eigenvalue weighted by atomic mass is 9.85. The average Bonchev–Trinajstić information content (AvgIpc) is 4.25. The van der Waals surface area contributed by atoms with Crippen molar-refractivity contribution in [2.24, 2.45) is 0 Å². The van der Waals surface area contributed by atoms with Crippen molar-refractivity contribution in [1.82, 2.24) is 18.7 Å². The van der Waals surface area contributed by atoms with E-state index in [1.54, 1.807) is 0 Å². The highest BCUT2D eigenvalue weighted by Crippen LogP contribution is 2.47. The SMILES string of the molecule is Cc1cccc2c1c1c(C)cccc1n2-c1ccc(-c2cnc(-c3ccc(-n4c5cccc(C)c5c5c(C)cccc54)cc3)c(-c3ccc(-n4c5cccc(C)c5c5c(C)cccc54)cc3)c2-c2cccc(C#N)c2)cc1. The number of hydrogen-bond donors (Lipinski definition) is 0. The first-order valence-electron chi connectivity index (χ1n) is 26.5. The third-order valence-electron chi connectivity index (χ3n) is 16.3. The standard InChI is InChI=1S/C72H53N5/c1-43-14-7-22-58-64(43)65-44(2)15-8-23-59(65)75(58)54-34-28-50(29-35-54)57-42-74-72(52-32-38-56(39-33-52)77-62-26-11-18-47(5)68(62)69-48(6)19-12-27-63(69)77)71(70(57)53-21-13-20-49(40-53)41-73)51-30-36-55(37-31-51)76-60-24-9-16-45(3)66(60)67-46(4)17-10-25-61(67)76/h7-40,42H,1-6H3. The van der Waals surface area contributed by atoms with Crippen LogP contribution in [0.2, 0.25) is 0 Å². The monoisotopic (exact) mass is 987 g/mol. The van der Waals surface area contributed by atoms with E-state index in [0.717, 1.165) is 61.7 Å². The van der Waals surface area contributed by atoms with Crippen molar-refractivity contribution in [2.75, 3.05) is 0 Å². The molecule has 0 aliphatic carbocycles. The number of pyridine rings is 1. The second-order valence-electron chi connectivity index (χ2n) is 20.9. The second-order valence-corrected chi connectivity index (χ2v) is 20.9. The van der Waals surface area contributed by atoms with Gasteiger partial charge in [0, 0.05) is 77.8 Å². The molecule has 10 aromatic carbocycles. The first-order chi connectivity index (χ1) is 37.7. The van der Waals surface area contributed by atoms with Crippen molar-refractivity contribution in [1.29, 1.82) is 5.26 Å². The van der Waals surface area contributed by atoms with E-state index in [2.05, 4.69) is 249 Å². The third-order valence-corrected chi connectivity index (χ3v) is 16.3. The molecule has 4 aromatic heterocycles. The molecule has 4 heterocycles. The van der Waals surface area contributed by atoms with Gasteiger partial charge in [0.15, 0.2) is 0 Å². The summed E-state index contributed by atoms with van der Waals surface area (Å²) < 4.78 is 7.19. The van der Waals surface area contributed by atoms with Gasteiger partial charge in [0.2, 0.25) is 0 Å². The van der Waals surface area contributed by atoms with Gasteiger partial charge in [0.25, 0.3) is 0 Å². The van der Waals surface area contributed by atoms with Crippen LogP contribution >= 0.6 is 0 Å². The predicted molar refractivity (Wildman–Crippen MR) is 322 cm³/mol. The maximum absolute atomic E-state index is 10.4. The molecule has 0 bridgehead atoms. The average molecular weight is 988 g/mol. The number of nitriles is 1. The molecule has 0 aliphatic rings. The molecule has 14 rings (SSSR count). The molecular formula is C72H53N5. The maximum atomic E-state index is 10.4. The van der Waals surface area contributed by atoms with Crippen LogP contribution in [0.4, 0.5) is 0 Å². The molecule has 5 nitrogen and oxygen atoms in total. The Labute approximate surface area is 447 Å². The van der Waals surface area contributed by atoms with Gasteiger partial charge in [-0.25, -0.2) is 0 Å². The van der Waals surface area contributed by atoms with E-state index >= 15 is 0 Å². The van der Waals surface area contributed by atoms with Gasteiger partial charge in [0.1, 0.15) is 0 Å². The van der Waals surface area contributed by atoms with Crippen molar-refractivity contribution in [3.8, 4) is 67.8 Å². The van der Waals surface area contributed by atoms with E-state index in [9.17, 15) is 5.26 Å². The summed E-state index contributed by atoms with van der Waals surface area (Å²) in [6.07, 6.45) is 2.04. The molecule has 77 heavy (non-hydrogen) atoms. The van der Waals surface area contributed by atoms with Crippen molar-refractivity contribution >= 4 is 65.4 Å². The number of aryl methyl sites for hydroxylation is 6. The largest absolute Gasteiger partial charge is 0.309 e. The third kappa shape index (κ3) is 7.03. The number of nitrogens with zero attached hydrogens (tertiary/aromatic N) is 5. The molecule has 0 saturated heterocycles. The first-order valence-corrected chi connectivity index (χ1v) is 26.5. The highest BCUT2D eigenvalue weighted by Gasteiger charge is 2.24. The fraction of sp³-hybridized carbons (Fsp3) is 0.0833. The van der Waals surface area contributed by atoms with Crippen LogP contribution in [0.5, 0.6) is 0 Å². The zero-order valence-corrected chi connectivity index (χ0v) is 43.9. The van der Waals surface area contributed by atoms with E-state index in [-0.39, 0.29) is 0 Å². The minimum absolute atomic E-state index is 0.596. The Hall–Kier alpha value is -9.76. The Bertz CT molecular complexity index is 4610. The Balaban J connectivity index is 0.992. The molecular weight excluding hydrogens is 935 g/mol. The van der Waals surface area contributed by atoms with Gasteiger partial charge in [-0.15, -0.1) is 0 Å². The highest BCUT2D eigenvalue weighted by atomic mass is 15.0. The minimum atomic E-state index is 0.596. The topological polar surface area (TPSA) is 51.5 Å². The van der Waals surface area contributed by atoms with Crippen LogP contribution in [0.25, 0.3) is 127 Å². The summed E-state index contributed by atoms with van der Waals surface area (Å²) in [6, 6.07) is 77.0. The highest BCUT2D eigenvalue weighted by molar-refractivity contribution is 6.15. The summed E-state index contributed by atoms with van der Waals surface area (Å²) >= 11 is 0. The minimum Gasteiger partial charge on any atom is -0.309 e. The molecule has 0 saturated carbocycles. The molecule has 0 atom stereocenters. The first kappa shape index (κ1) is 45.8.